The molecule has 6 nitrogen and oxygen atoms in total. The molecule has 0 fully saturated rings. The minimum atomic E-state index is -3.89. The Kier molecular flexibility index (Phi) is 5.18. The van der Waals surface area contributed by atoms with E-state index < -0.39 is 22.1 Å². The second-order valence-corrected chi connectivity index (χ2v) is 7.44. The van der Waals surface area contributed by atoms with Crippen molar-refractivity contribution in [2.24, 2.45) is 5.14 Å². The second kappa shape index (κ2) is 7.26. The number of hydrogen-bond donors (Lipinski definition) is 1. The fraction of sp³-hybridized carbons (Fsp3) is 0.118. The van der Waals surface area contributed by atoms with Crippen molar-refractivity contribution >= 4 is 21.6 Å². The van der Waals surface area contributed by atoms with Crippen LogP contribution in [-0.4, -0.2) is 25.3 Å². The number of ether oxygens (including phenoxy) is 1. The number of nitrogens with two attached hydrogens (primary N) is 1. The van der Waals surface area contributed by atoms with E-state index in [1.807, 2.05) is 0 Å². The van der Waals surface area contributed by atoms with Gasteiger partial charge in [-0.1, -0.05) is 23.7 Å². The quantitative estimate of drug-likeness (QED) is 0.689. The fourth-order valence-electron chi connectivity index (χ4n) is 2.59. The first kappa shape index (κ1) is 19.3. The van der Waals surface area contributed by atoms with Gasteiger partial charge in [-0.05, 0) is 36.4 Å². The molecule has 0 aliphatic heterocycles. The molecule has 0 bridgehead atoms. The number of para-hydroxylation sites is 1. The van der Waals surface area contributed by atoms with Gasteiger partial charge < -0.3 is 4.74 Å². The SMILES string of the molecule is COc1ccccc1-c1c(Cl)c(C(F)F)nn1-c1ccc(S(N)(=O)=O)cc1. The molecule has 2 N–H and O–H groups in total. The highest BCUT2D eigenvalue weighted by Crippen LogP contribution is 2.40. The third-order valence-corrected chi connectivity index (χ3v) is 5.13. The normalized spacial score (nSPS) is 11.8. The molecule has 0 atom stereocenters. The van der Waals surface area contributed by atoms with Crippen molar-refractivity contribution in [2.45, 2.75) is 11.3 Å². The molecule has 142 valence electrons. The van der Waals surface area contributed by atoms with Gasteiger partial charge in [0.2, 0.25) is 10.0 Å². The molecule has 0 saturated heterocycles. The van der Waals surface area contributed by atoms with Crippen LogP contribution in [-0.2, 0) is 10.0 Å². The van der Waals surface area contributed by atoms with Crippen molar-refractivity contribution in [3.63, 3.8) is 0 Å². The number of nitrogens with zero attached hydrogens (tertiary/aromatic N) is 2. The smallest absolute Gasteiger partial charge is 0.283 e. The number of primary sulfonamides is 1. The van der Waals surface area contributed by atoms with Gasteiger partial charge in [0, 0.05) is 5.56 Å². The van der Waals surface area contributed by atoms with Gasteiger partial charge in [0.15, 0.2) is 0 Å². The summed E-state index contributed by atoms with van der Waals surface area (Å²) in [5.41, 5.74) is 0.401. The molecule has 10 heteroatoms. The van der Waals surface area contributed by atoms with Gasteiger partial charge in [0.25, 0.3) is 6.43 Å². The van der Waals surface area contributed by atoms with E-state index in [0.29, 0.717) is 17.0 Å². The topological polar surface area (TPSA) is 87.2 Å². The molecule has 2 aromatic carbocycles. The summed E-state index contributed by atoms with van der Waals surface area (Å²) in [5, 5.41) is 8.79. The van der Waals surface area contributed by atoms with Gasteiger partial charge in [-0.15, -0.1) is 0 Å². The van der Waals surface area contributed by atoms with E-state index in [0.717, 1.165) is 0 Å². The number of hydrogen-bond acceptors (Lipinski definition) is 4. The van der Waals surface area contributed by atoms with Crippen molar-refractivity contribution in [1.29, 1.82) is 0 Å². The monoisotopic (exact) mass is 413 g/mol. The Balaban J connectivity index is 2.25. The largest absolute Gasteiger partial charge is 0.496 e. The van der Waals surface area contributed by atoms with Crippen LogP contribution in [0, 0.1) is 0 Å². The number of halogens is 3. The molecule has 0 unspecified atom stereocenters. The lowest BCUT2D eigenvalue weighted by molar-refractivity contribution is 0.145. The maximum atomic E-state index is 13.4. The first-order chi connectivity index (χ1) is 12.7. The van der Waals surface area contributed by atoms with Crippen molar-refractivity contribution in [3.8, 4) is 22.7 Å². The maximum absolute atomic E-state index is 13.4. The maximum Gasteiger partial charge on any atom is 0.283 e. The molecule has 1 aromatic heterocycles. The molecule has 0 amide bonds. The van der Waals surface area contributed by atoms with Crippen LogP contribution in [0.4, 0.5) is 8.78 Å². The fourth-order valence-corrected chi connectivity index (χ4v) is 3.41. The summed E-state index contributed by atoms with van der Waals surface area (Å²) in [5.74, 6) is 0.419. The number of aromatic nitrogens is 2. The average Bonchev–Trinajstić information content (AvgIpc) is 2.98. The van der Waals surface area contributed by atoms with Crippen molar-refractivity contribution in [3.05, 3.63) is 59.2 Å². The van der Waals surface area contributed by atoms with Crippen molar-refractivity contribution < 1.29 is 21.9 Å². The molecule has 3 aromatic rings. The molecule has 1 heterocycles. The van der Waals surface area contributed by atoms with Crippen LogP contribution in [0.25, 0.3) is 16.9 Å². The Morgan fingerprint density at radius 1 is 1.15 bits per heavy atom. The lowest BCUT2D eigenvalue weighted by atomic mass is 10.1. The summed E-state index contributed by atoms with van der Waals surface area (Å²) < 4.78 is 56.1. The van der Waals surface area contributed by atoms with Crippen LogP contribution in [0.2, 0.25) is 5.02 Å². The lowest BCUT2D eigenvalue weighted by Crippen LogP contribution is -2.12. The Morgan fingerprint density at radius 3 is 2.33 bits per heavy atom. The Hall–Kier alpha value is -2.49. The van der Waals surface area contributed by atoms with E-state index in [9.17, 15) is 17.2 Å². The molecule has 0 spiro atoms. The van der Waals surface area contributed by atoms with Crippen molar-refractivity contribution in [2.75, 3.05) is 7.11 Å². The number of benzene rings is 2. The predicted molar refractivity (Wildman–Crippen MR) is 96.9 cm³/mol. The van der Waals surface area contributed by atoms with Gasteiger partial charge in [0.05, 0.1) is 28.4 Å². The predicted octanol–water partition coefficient (Wildman–Crippen LogP) is 3.79. The minimum Gasteiger partial charge on any atom is -0.496 e. The highest BCUT2D eigenvalue weighted by Gasteiger charge is 2.26. The molecular weight excluding hydrogens is 400 g/mol. The molecule has 0 radical (unpaired) electrons. The zero-order valence-corrected chi connectivity index (χ0v) is 15.5. The van der Waals surface area contributed by atoms with Crippen LogP contribution < -0.4 is 9.88 Å². The van der Waals surface area contributed by atoms with Crippen LogP contribution in [0.1, 0.15) is 12.1 Å². The average molecular weight is 414 g/mol. The third kappa shape index (κ3) is 3.66. The van der Waals surface area contributed by atoms with Crippen molar-refractivity contribution in [1.82, 2.24) is 9.78 Å². The standard InChI is InChI=1S/C17H14ClF2N3O3S/c1-26-13-5-3-2-4-12(13)16-14(18)15(17(19)20)22-23(16)10-6-8-11(9-7-10)27(21,24)25/h2-9,17H,1H3,(H2,21,24,25). The van der Waals surface area contributed by atoms with Crippen LogP contribution in [0.3, 0.4) is 0 Å². The summed E-state index contributed by atoms with van der Waals surface area (Å²) in [7, 11) is -2.44. The number of sulfonamides is 1. The minimum absolute atomic E-state index is 0.113. The third-order valence-electron chi connectivity index (χ3n) is 3.83. The van der Waals surface area contributed by atoms with E-state index >= 15 is 0 Å². The molecule has 27 heavy (non-hydrogen) atoms. The Morgan fingerprint density at radius 2 is 1.78 bits per heavy atom. The van der Waals surface area contributed by atoms with Gasteiger partial charge in [-0.2, -0.15) is 5.10 Å². The molecule has 0 aliphatic rings. The highest BCUT2D eigenvalue weighted by molar-refractivity contribution is 7.89. The molecule has 0 saturated carbocycles. The second-order valence-electron chi connectivity index (χ2n) is 5.50. The molecule has 0 aliphatic carbocycles. The van der Waals surface area contributed by atoms with Crippen LogP contribution >= 0.6 is 11.6 Å². The first-order valence-corrected chi connectivity index (χ1v) is 9.49. The Labute approximate surface area is 159 Å². The van der Waals surface area contributed by atoms with Crippen LogP contribution in [0.15, 0.2) is 53.4 Å². The zero-order valence-electron chi connectivity index (χ0n) is 13.9. The highest BCUT2D eigenvalue weighted by atomic mass is 35.5. The summed E-state index contributed by atoms with van der Waals surface area (Å²) in [6.45, 7) is 0. The van der Waals surface area contributed by atoms with E-state index in [-0.39, 0.29) is 15.6 Å². The van der Waals surface area contributed by atoms with E-state index in [4.69, 9.17) is 21.5 Å². The zero-order chi connectivity index (χ0) is 19.8. The summed E-state index contributed by atoms with van der Waals surface area (Å²) in [6.07, 6.45) is -2.89. The van der Waals surface area contributed by atoms with Gasteiger partial charge in [-0.3, -0.25) is 0 Å². The number of alkyl halides is 2. The summed E-state index contributed by atoms with van der Waals surface area (Å²) >= 11 is 6.21. The molecular formula is C17H14ClF2N3O3S. The van der Waals surface area contributed by atoms with E-state index in [2.05, 4.69) is 5.10 Å². The van der Waals surface area contributed by atoms with E-state index in [1.54, 1.807) is 24.3 Å². The lowest BCUT2D eigenvalue weighted by Gasteiger charge is -2.12. The molecule has 3 rings (SSSR count). The van der Waals surface area contributed by atoms with Gasteiger partial charge in [-0.25, -0.2) is 27.0 Å². The van der Waals surface area contributed by atoms with E-state index in [1.165, 1.54) is 36.1 Å². The van der Waals surface area contributed by atoms with Crippen LogP contribution in [0.5, 0.6) is 5.75 Å². The van der Waals surface area contributed by atoms with Gasteiger partial charge in [0.1, 0.15) is 11.4 Å². The summed E-state index contributed by atoms with van der Waals surface area (Å²) in [6, 6.07) is 12.1. The Bertz CT molecular complexity index is 1080. The number of methoxy groups -OCH3 is 1. The van der Waals surface area contributed by atoms with Gasteiger partial charge >= 0.3 is 0 Å². The number of rotatable bonds is 5. The first-order valence-electron chi connectivity index (χ1n) is 7.57. The summed E-state index contributed by atoms with van der Waals surface area (Å²) in [4.78, 5) is -0.113.